The number of fused-ring (bicyclic) bond motifs is 5. The molecule has 0 heterocycles. The van der Waals surface area contributed by atoms with Crippen LogP contribution in [-0.2, 0) is 4.74 Å². The van der Waals surface area contributed by atoms with E-state index in [-0.39, 0.29) is 16.7 Å². The second kappa shape index (κ2) is 7.90. The second-order valence-corrected chi connectivity index (χ2v) is 12.1. The number of halogens is 3. The Balaban J connectivity index is 1.54. The summed E-state index contributed by atoms with van der Waals surface area (Å²) in [5.74, 6) is 1.56. The van der Waals surface area contributed by atoms with Crippen LogP contribution in [0.1, 0.15) is 78.6 Å². The fraction of sp³-hybridized carbons (Fsp3) is 0.923. The Kier molecular flexibility index (Phi) is 6.02. The molecule has 0 aromatic carbocycles. The number of methoxy groups -OCH3 is 1. The molecule has 4 aliphatic carbocycles. The van der Waals surface area contributed by atoms with Crippen molar-refractivity contribution in [1.82, 2.24) is 0 Å². The molecule has 4 fully saturated rings. The first-order valence-corrected chi connectivity index (χ1v) is 12.5. The predicted molar refractivity (Wildman–Crippen MR) is 118 cm³/mol. The molecule has 0 radical (unpaired) electrons. The van der Waals surface area contributed by atoms with Crippen LogP contribution in [0.2, 0.25) is 0 Å². The maximum Gasteiger partial charge on any atom is 0.414 e. The van der Waals surface area contributed by atoms with E-state index in [9.17, 15) is 23.4 Å². The summed E-state index contributed by atoms with van der Waals surface area (Å²) in [7, 11) is 1.57. The van der Waals surface area contributed by atoms with Crippen LogP contribution in [0.15, 0.2) is 12.3 Å². The molecule has 10 atom stereocenters. The van der Waals surface area contributed by atoms with Crippen LogP contribution in [0.5, 0.6) is 0 Å². The van der Waals surface area contributed by atoms with E-state index in [1.165, 1.54) is 0 Å². The lowest BCUT2D eigenvalue weighted by atomic mass is 9.43. The minimum Gasteiger partial charge on any atom is -0.499 e. The standard InChI is InChI=1S/C26H41F3O3/c1-15(22(30)26(27,28)29)19-8-9-20-18-7-6-17-14-25(31,16(2)32-5)13-12-23(17,3)21(18)10-11-24(19,20)4/h15,17-22,30-31H,2,6-14H2,1,3-5H3/t15-,17+,18-,19+,20-,21-,22+,23-,24+,25-/m0/s1. The molecule has 32 heavy (non-hydrogen) atoms. The normalized spacial score (nSPS) is 48.2. The van der Waals surface area contributed by atoms with Crippen LogP contribution >= 0.6 is 0 Å². The van der Waals surface area contributed by atoms with Gasteiger partial charge >= 0.3 is 6.18 Å². The van der Waals surface area contributed by atoms with Crippen molar-refractivity contribution in [2.45, 2.75) is 96.4 Å². The molecule has 0 bridgehead atoms. The van der Waals surface area contributed by atoms with Crippen LogP contribution in [0.25, 0.3) is 0 Å². The van der Waals surface area contributed by atoms with E-state index < -0.39 is 23.8 Å². The first-order chi connectivity index (χ1) is 14.8. The molecule has 0 unspecified atom stereocenters. The number of hydrogen-bond acceptors (Lipinski definition) is 3. The van der Waals surface area contributed by atoms with E-state index in [0.717, 1.165) is 44.9 Å². The molecule has 0 saturated heterocycles. The van der Waals surface area contributed by atoms with Gasteiger partial charge in [-0.05, 0) is 104 Å². The number of hydrogen-bond donors (Lipinski definition) is 2. The van der Waals surface area contributed by atoms with Crippen molar-refractivity contribution in [2.24, 2.45) is 46.3 Å². The molecule has 0 aromatic rings. The van der Waals surface area contributed by atoms with Crippen molar-refractivity contribution in [3.63, 3.8) is 0 Å². The Hall–Kier alpha value is -0.750. The van der Waals surface area contributed by atoms with Gasteiger partial charge < -0.3 is 14.9 Å². The summed E-state index contributed by atoms with van der Waals surface area (Å²) >= 11 is 0. The molecule has 0 spiro atoms. The van der Waals surface area contributed by atoms with Crippen molar-refractivity contribution >= 4 is 0 Å². The van der Waals surface area contributed by atoms with E-state index in [1.54, 1.807) is 14.0 Å². The van der Waals surface area contributed by atoms with Crippen LogP contribution in [0, 0.1) is 46.3 Å². The quantitative estimate of drug-likeness (QED) is 0.501. The monoisotopic (exact) mass is 458 g/mol. The largest absolute Gasteiger partial charge is 0.499 e. The summed E-state index contributed by atoms with van der Waals surface area (Å²) in [4.78, 5) is 0. The van der Waals surface area contributed by atoms with Gasteiger partial charge in [-0.1, -0.05) is 27.4 Å². The van der Waals surface area contributed by atoms with Gasteiger partial charge in [0, 0.05) is 0 Å². The zero-order chi connectivity index (χ0) is 23.7. The van der Waals surface area contributed by atoms with Crippen LogP contribution < -0.4 is 0 Å². The number of ether oxygens (including phenoxy) is 1. The molecule has 4 saturated carbocycles. The summed E-state index contributed by atoms with van der Waals surface area (Å²) in [6.07, 6.45) is 1.38. The Labute approximate surface area is 190 Å². The topological polar surface area (TPSA) is 49.7 Å². The molecule has 0 amide bonds. The molecule has 0 aromatic heterocycles. The molecule has 6 heteroatoms. The summed E-state index contributed by atoms with van der Waals surface area (Å²) in [5.41, 5.74) is -0.925. The summed E-state index contributed by atoms with van der Waals surface area (Å²) < 4.78 is 45.1. The predicted octanol–water partition coefficient (Wildman–Crippen LogP) is 6.10. The van der Waals surface area contributed by atoms with Crippen LogP contribution in [0.4, 0.5) is 13.2 Å². The fourth-order valence-corrected chi connectivity index (χ4v) is 9.11. The number of aliphatic hydroxyl groups is 2. The maximum absolute atomic E-state index is 13.3. The summed E-state index contributed by atoms with van der Waals surface area (Å²) in [6, 6.07) is 0. The molecule has 2 N–H and O–H groups in total. The summed E-state index contributed by atoms with van der Waals surface area (Å²) in [6.45, 7) is 10.2. The maximum atomic E-state index is 13.3. The highest BCUT2D eigenvalue weighted by Gasteiger charge is 2.63. The first kappa shape index (κ1) is 24.4. The minimum atomic E-state index is -4.55. The highest BCUT2D eigenvalue weighted by atomic mass is 19.4. The Bertz CT molecular complexity index is 738. The van der Waals surface area contributed by atoms with Crippen LogP contribution in [-0.4, -0.2) is 35.2 Å². The van der Waals surface area contributed by atoms with Gasteiger partial charge in [0.25, 0.3) is 0 Å². The van der Waals surface area contributed by atoms with Crippen molar-refractivity contribution < 1.29 is 28.1 Å². The van der Waals surface area contributed by atoms with Crippen molar-refractivity contribution in [3.05, 3.63) is 12.3 Å². The third-order valence-corrected chi connectivity index (χ3v) is 11.0. The molecular formula is C26H41F3O3. The number of aliphatic hydroxyl groups excluding tert-OH is 1. The number of alkyl halides is 3. The van der Waals surface area contributed by atoms with Gasteiger partial charge in [-0.2, -0.15) is 13.2 Å². The molecule has 4 aliphatic rings. The fourth-order valence-electron chi connectivity index (χ4n) is 9.11. The van der Waals surface area contributed by atoms with E-state index in [1.807, 2.05) is 0 Å². The average Bonchev–Trinajstić information content (AvgIpc) is 3.09. The van der Waals surface area contributed by atoms with Gasteiger partial charge in [-0.3, -0.25) is 0 Å². The van der Waals surface area contributed by atoms with E-state index in [0.29, 0.717) is 42.3 Å². The number of rotatable bonds is 4. The Morgan fingerprint density at radius 3 is 2.28 bits per heavy atom. The molecule has 184 valence electrons. The lowest BCUT2D eigenvalue weighted by Crippen LogP contribution is -2.56. The van der Waals surface area contributed by atoms with Gasteiger partial charge in [0.1, 0.15) is 11.4 Å². The van der Waals surface area contributed by atoms with Gasteiger partial charge in [0.15, 0.2) is 6.10 Å². The van der Waals surface area contributed by atoms with E-state index >= 15 is 0 Å². The zero-order valence-electron chi connectivity index (χ0n) is 20.0. The van der Waals surface area contributed by atoms with E-state index in [2.05, 4.69) is 20.4 Å². The van der Waals surface area contributed by atoms with Crippen molar-refractivity contribution in [2.75, 3.05) is 7.11 Å². The third-order valence-electron chi connectivity index (χ3n) is 11.0. The SMILES string of the molecule is C=C(OC)[C@]1(O)CC[C@@]2(C)[C@H](CC[C@@H]3[C@@H]2CC[C@]2(C)[C@@H]([C@H](C)[C@@H](O)C(F)(F)F)CC[C@@H]32)C1. The van der Waals surface area contributed by atoms with Crippen molar-refractivity contribution in [1.29, 1.82) is 0 Å². The van der Waals surface area contributed by atoms with Gasteiger partial charge in [-0.15, -0.1) is 0 Å². The zero-order valence-corrected chi connectivity index (χ0v) is 20.0. The molecule has 0 aliphatic heterocycles. The van der Waals surface area contributed by atoms with E-state index in [4.69, 9.17) is 4.74 Å². The highest BCUT2D eigenvalue weighted by molar-refractivity contribution is 5.15. The summed E-state index contributed by atoms with van der Waals surface area (Å²) in [5, 5.41) is 21.1. The van der Waals surface area contributed by atoms with Crippen molar-refractivity contribution in [3.8, 4) is 0 Å². The van der Waals surface area contributed by atoms with Gasteiger partial charge in [-0.25, -0.2) is 0 Å². The molecular weight excluding hydrogens is 417 g/mol. The first-order valence-electron chi connectivity index (χ1n) is 12.5. The molecule has 4 rings (SSSR count). The third kappa shape index (κ3) is 3.54. The Morgan fingerprint density at radius 1 is 1.00 bits per heavy atom. The van der Waals surface area contributed by atoms with Gasteiger partial charge in [0.05, 0.1) is 7.11 Å². The Morgan fingerprint density at radius 2 is 1.66 bits per heavy atom. The van der Waals surface area contributed by atoms with Crippen LogP contribution in [0.3, 0.4) is 0 Å². The lowest BCUT2D eigenvalue weighted by molar-refractivity contribution is -0.228. The lowest BCUT2D eigenvalue weighted by Gasteiger charge is -2.62. The molecule has 3 nitrogen and oxygen atoms in total. The highest BCUT2D eigenvalue weighted by Crippen LogP contribution is 2.69. The smallest absolute Gasteiger partial charge is 0.414 e. The minimum absolute atomic E-state index is 0.0860. The average molecular weight is 459 g/mol. The van der Waals surface area contributed by atoms with Gasteiger partial charge in [0.2, 0.25) is 0 Å². The second-order valence-electron chi connectivity index (χ2n) is 12.1.